The summed E-state index contributed by atoms with van der Waals surface area (Å²) in [6.07, 6.45) is 1.80. The van der Waals surface area contributed by atoms with Gasteiger partial charge in [-0.15, -0.1) is 5.10 Å². The van der Waals surface area contributed by atoms with Crippen molar-refractivity contribution in [3.8, 4) is 5.69 Å². The van der Waals surface area contributed by atoms with Gasteiger partial charge in [-0.3, -0.25) is 4.79 Å². The lowest BCUT2D eigenvalue weighted by Gasteiger charge is -1.99. The minimum absolute atomic E-state index is 0.462. The van der Waals surface area contributed by atoms with Crippen molar-refractivity contribution in [2.45, 2.75) is 6.92 Å². The molecule has 0 aliphatic heterocycles. The molecule has 0 bridgehead atoms. The molecule has 1 heterocycles. The van der Waals surface area contributed by atoms with Crippen LogP contribution in [0.25, 0.3) is 5.69 Å². The Morgan fingerprint density at radius 3 is 2.47 bits per heavy atom. The summed E-state index contributed by atoms with van der Waals surface area (Å²) in [5, 5.41) is 7.32. The maximum atomic E-state index is 10.8. The van der Waals surface area contributed by atoms with Gasteiger partial charge in [0, 0.05) is 5.56 Å². The topological polar surface area (TPSA) is 47.8 Å². The van der Waals surface area contributed by atoms with E-state index in [-0.39, 0.29) is 0 Å². The first-order valence-electron chi connectivity index (χ1n) is 4.36. The van der Waals surface area contributed by atoms with Gasteiger partial charge in [-0.2, -0.15) is 0 Å². The third-order valence-corrected chi connectivity index (χ3v) is 2.18. The smallest absolute Gasteiger partial charge is 0.252 e. The highest BCUT2D eigenvalue weighted by atomic mass is 35.5. The SMILES string of the molecule is Cc1cn(-c2ccc(C(=O)Cl)cc2)nn1. The summed E-state index contributed by atoms with van der Waals surface area (Å²) in [4.78, 5) is 10.8. The van der Waals surface area contributed by atoms with Crippen LogP contribution in [0.2, 0.25) is 0 Å². The fourth-order valence-corrected chi connectivity index (χ4v) is 1.34. The molecule has 2 aromatic rings. The van der Waals surface area contributed by atoms with Crippen molar-refractivity contribution in [3.63, 3.8) is 0 Å². The Morgan fingerprint density at radius 2 is 2.00 bits per heavy atom. The Balaban J connectivity index is 2.35. The zero-order valence-corrected chi connectivity index (χ0v) is 8.77. The molecular formula is C10H8ClN3O. The summed E-state index contributed by atoms with van der Waals surface area (Å²) in [5.41, 5.74) is 2.15. The van der Waals surface area contributed by atoms with E-state index in [2.05, 4.69) is 10.3 Å². The Hall–Kier alpha value is -1.68. The Bertz CT molecular complexity index is 490. The molecule has 1 aromatic heterocycles. The maximum absolute atomic E-state index is 10.8. The summed E-state index contributed by atoms with van der Waals surface area (Å²) in [6.45, 7) is 1.86. The number of carbonyl (C=O) groups is 1. The zero-order valence-electron chi connectivity index (χ0n) is 8.01. The van der Waals surface area contributed by atoms with Crippen molar-refractivity contribution in [1.82, 2.24) is 15.0 Å². The normalized spacial score (nSPS) is 10.3. The summed E-state index contributed by atoms with van der Waals surface area (Å²) in [5.74, 6) is 0. The van der Waals surface area contributed by atoms with E-state index in [1.807, 2.05) is 6.92 Å². The zero-order chi connectivity index (χ0) is 10.8. The summed E-state index contributed by atoms with van der Waals surface area (Å²) >= 11 is 5.33. The van der Waals surface area contributed by atoms with Gasteiger partial charge in [0.2, 0.25) is 0 Å². The van der Waals surface area contributed by atoms with Crippen LogP contribution in [0.3, 0.4) is 0 Å². The van der Waals surface area contributed by atoms with Gasteiger partial charge in [-0.25, -0.2) is 4.68 Å². The second-order valence-corrected chi connectivity index (χ2v) is 3.47. The number of rotatable bonds is 2. The summed E-state index contributed by atoms with van der Waals surface area (Å²) in [7, 11) is 0. The molecule has 0 aliphatic carbocycles. The molecule has 0 saturated carbocycles. The monoisotopic (exact) mass is 221 g/mol. The highest BCUT2D eigenvalue weighted by molar-refractivity contribution is 6.67. The van der Waals surface area contributed by atoms with Crippen molar-refractivity contribution in [1.29, 1.82) is 0 Å². The van der Waals surface area contributed by atoms with E-state index in [0.29, 0.717) is 5.56 Å². The van der Waals surface area contributed by atoms with Gasteiger partial charge in [0.25, 0.3) is 5.24 Å². The third kappa shape index (κ3) is 2.05. The van der Waals surface area contributed by atoms with Crippen LogP contribution in [0.15, 0.2) is 30.5 Å². The van der Waals surface area contributed by atoms with Gasteiger partial charge in [0.15, 0.2) is 0 Å². The van der Waals surface area contributed by atoms with Crippen molar-refractivity contribution < 1.29 is 4.79 Å². The molecule has 0 aliphatic rings. The first kappa shape index (κ1) is 9.86. The number of hydrogen-bond donors (Lipinski definition) is 0. The number of nitrogens with zero attached hydrogens (tertiary/aromatic N) is 3. The molecule has 15 heavy (non-hydrogen) atoms. The van der Waals surface area contributed by atoms with Crippen LogP contribution >= 0.6 is 11.6 Å². The van der Waals surface area contributed by atoms with Crippen LogP contribution in [0.5, 0.6) is 0 Å². The molecule has 0 unspecified atom stereocenters. The van der Waals surface area contributed by atoms with E-state index in [1.165, 1.54) is 0 Å². The fourth-order valence-electron chi connectivity index (χ4n) is 1.22. The summed E-state index contributed by atoms with van der Waals surface area (Å²) < 4.78 is 1.64. The highest BCUT2D eigenvalue weighted by Gasteiger charge is 2.03. The van der Waals surface area contributed by atoms with Crippen LogP contribution in [0.4, 0.5) is 0 Å². The Labute approximate surface area is 91.5 Å². The predicted octanol–water partition coefficient (Wildman–Crippen LogP) is 1.95. The summed E-state index contributed by atoms with van der Waals surface area (Å²) in [6, 6.07) is 6.84. The third-order valence-electron chi connectivity index (χ3n) is 1.97. The van der Waals surface area contributed by atoms with Crippen LogP contribution in [-0.2, 0) is 0 Å². The quantitative estimate of drug-likeness (QED) is 0.729. The van der Waals surface area contributed by atoms with Crippen molar-refractivity contribution in [3.05, 3.63) is 41.7 Å². The van der Waals surface area contributed by atoms with E-state index >= 15 is 0 Å². The lowest BCUT2D eigenvalue weighted by molar-refractivity contribution is 0.108. The molecule has 0 radical (unpaired) electrons. The van der Waals surface area contributed by atoms with Crippen LogP contribution < -0.4 is 0 Å². The first-order valence-corrected chi connectivity index (χ1v) is 4.74. The molecule has 76 valence electrons. The molecule has 1 aromatic carbocycles. The van der Waals surface area contributed by atoms with E-state index in [9.17, 15) is 4.79 Å². The Morgan fingerprint density at radius 1 is 1.33 bits per heavy atom. The molecule has 0 amide bonds. The second-order valence-electron chi connectivity index (χ2n) is 3.13. The minimum atomic E-state index is -0.462. The second kappa shape index (κ2) is 3.82. The molecule has 0 atom stereocenters. The molecule has 0 N–H and O–H groups in total. The average Bonchev–Trinajstić information content (AvgIpc) is 2.65. The molecule has 4 nitrogen and oxygen atoms in total. The molecule has 2 rings (SSSR count). The predicted molar refractivity (Wildman–Crippen MR) is 56.3 cm³/mol. The van der Waals surface area contributed by atoms with Gasteiger partial charge >= 0.3 is 0 Å². The number of benzene rings is 1. The van der Waals surface area contributed by atoms with Gasteiger partial charge < -0.3 is 0 Å². The number of aromatic nitrogens is 3. The van der Waals surface area contributed by atoms with Gasteiger partial charge in [0.1, 0.15) is 0 Å². The molecule has 5 heteroatoms. The van der Waals surface area contributed by atoms with Gasteiger partial charge in [-0.05, 0) is 42.8 Å². The average molecular weight is 222 g/mol. The number of hydrogen-bond acceptors (Lipinski definition) is 3. The number of carbonyl (C=O) groups excluding carboxylic acids is 1. The minimum Gasteiger partial charge on any atom is -0.276 e. The molecule has 0 saturated heterocycles. The van der Waals surface area contributed by atoms with Crippen molar-refractivity contribution in [2.75, 3.05) is 0 Å². The maximum Gasteiger partial charge on any atom is 0.252 e. The van der Waals surface area contributed by atoms with E-state index < -0.39 is 5.24 Å². The molecular weight excluding hydrogens is 214 g/mol. The number of aryl methyl sites for hydroxylation is 1. The van der Waals surface area contributed by atoms with Gasteiger partial charge in [0.05, 0.1) is 17.6 Å². The van der Waals surface area contributed by atoms with E-state index in [1.54, 1.807) is 35.1 Å². The van der Waals surface area contributed by atoms with Gasteiger partial charge in [-0.1, -0.05) is 5.21 Å². The largest absolute Gasteiger partial charge is 0.276 e. The van der Waals surface area contributed by atoms with Crippen LogP contribution in [0.1, 0.15) is 16.1 Å². The Kier molecular flexibility index (Phi) is 2.51. The van der Waals surface area contributed by atoms with Crippen LogP contribution in [-0.4, -0.2) is 20.2 Å². The first-order chi connectivity index (χ1) is 7.16. The highest BCUT2D eigenvalue weighted by Crippen LogP contribution is 2.10. The lowest BCUT2D eigenvalue weighted by atomic mass is 10.2. The molecule has 0 spiro atoms. The van der Waals surface area contributed by atoms with Crippen molar-refractivity contribution in [2.24, 2.45) is 0 Å². The van der Waals surface area contributed by atoms with Crippen LogP contribution in [0, 0.1) is 6.92 Å². The standard InChI is InChI=1S/C10H8ClN3O/c1-7-6-14(13-12-7)9-4-2-8(3-5-9)10(11)15/h2-6H,1H3. The van der Waals surface area contributed by atoms with E-state index in [0.717, 1.165) is 11.4 Å². The van der Waals surface area contributed by atoms with Crippen molar-refractivity contribution >= 4 is 16.8 Å². The van der Waals surface area contributed by atoms with E-state index in [4.69, 9.17) is 11.6 Å². The lowest BCUT2D eigenvalue weighted by Crippen LogP contribution is -1.96. The molecule has 0 fully saturated rings. The fraction of sp³-hybridized carbons (Fsp3) is 0.100. The number of halogens is 1.